The lowest BCUT2D eigenvalue weighted by Gasteiger charge is -2.29. The van der Waals surface area contributed by atoms with Gasteiger partial charge in [-0.3, -0.25) is 10.2 Å². The average Bonchev–Trinajstić information content (AvgIpc) is 3.78. The topological polar surface area (TPSA) is 131 Å². The molecule has 4 atom stereocenters. The first kappa shape index (κ1) is 24.9. The summed E-state index contributed by atoms with van der Waals surface area (Å²) >= 11 is 0. The van der Waals surface area contributed by atoms with Gasteiger partial charge >= 0.3 is 0 Å². The Bertz CT molecular complexity index is 1230. The van der Waals surface area contributed by atoms with Crippen molar-refractivity contribution in [1.82, 2.24) is 46.1 Å². The van der Waals surface area contributed by atoms with Crippen LogP contribution in [-0.4, -0.2) is 53.7 Å². The number of hydrogen-bond donors (Lipinski definition) is 5. The van der Waals surface area contributed by atoms with Gasteiger partial charge in [0, 0.05) is 11.1 Å². The highest BCUT2D eigenvalue weighted by Gasteiger charge is 2.24. The zero-order valence-corrected chi connectivity index (χ0v) is 21.9. The SMILES string of the molecule is CC(c1ccc(-c2n[nH]c(C3CCCN3)n2)cc1)N(O)C(C)c1ccc(-c2n[nH]c(C3CCCN3)n2)cc1. The van der Waals surface area contributed by atoms with Crippen LogP contribution in [0.2, 0.25) is 0 Å². The summed E-state index contributed by atoms with van der Waals surface area (Å²) in [6.45, 7) is 6.05. The second-order valence-corrected chi connectivity index (χ2v) is 10.4. The van der Waals surface area contributed by atoms with Crippen molar-refractivity contribution >= 4 is 0 Å². The van der Waals surface area contributed by atoms with Crippen LogP contribution in [0.15, 0.2) is 48.5 Å². The number of H-pyrrole nitrogens is 2. The van der Waals surface area contributed by atoms with Crippen molar-refractivity contribution < 1.29 is 5.21 Å². The van der Waals surface area contributed by atoms with E-state index in [2.05, 4.69) is 41.0 Å². The Balaban J connectivity index is 1.10. The van der Waals surface area contributed by atoms with Gasteiger partial charge in [-0.2, -0.15) is 15.3 Å². The summed E-state index contributed by atoms with van der Waals surface area (Å²) in [6.07, 6.45) is 4.48. The third-order valence-corrected chi connectivity index (χ3v) is 7.88. The van der Waals surface area contributed by atoms with E-state index in [9.17, 15) is 5.21 Å². The molecule has 38 heavy (non-hydrogen) atoms. The van der Waals surface area contributed by atoms with Crippen molar-refractivity contribution in [2.45, 2.75) is 63.7 Å². The highest BCUT2D eigenvalue weighted by Crippen LogP contribution is 2.31. The molecule has 10 nitrogen and oxygen atoms in total. The summed E-state index contributed by atoms with van der Waals surface area (Å²) in [5.41, 5.74) is 3.94. The van der Waals surface area contributed by atoms with Crippen molar-refractivity contribution in [1.29, 1.82) is 0 Å². The first-order valence-corrected chi connectivity index (χ1v) is 13.6. The molecule has 2 fully saturated rings. The third kappa shape index (κ3) is 5.00. The molecule has 2 aliphatic rings. The van der Waals surface area contributed by atoms with E-state index in [0.29, 0.717) is 11.6 Å². The van der Waals surface area contributed by atoms with Crippen LogP contribution in [0.25, 0.3) is 22.8 Å². The van der Waals surface area contributed by atoms with Gasteiger partial charge in [-0.15, -0.1) is 0 Å². The predicted octanol–water partition coefficient (Wildman–Crippen LogP) is 4.62. The average molecular weight is 514 g/mol. The van der Waals surface area contributed by atoms with Crippen LogP contribution in [0.5, 0.6) is 0 Å². The van der Waals surface area contributed by atoms with Crippen LogP contribution in [0.4, 0.5) is 0 Å². The summed E-state index contributed by atoms with van der Waals surface area (Å²) in [5.74, 6) is 3.18. The number of nitrogens with one attached hydrogen (secondary N) is 4. The Morgan fingerprint density at radius 1 is 0.711 bits per heavy atom. The molecule has 0 radical (unpaired) electrons. The summed E-state index contributed by atoms with van der Waals surface area (Å²) in [7, 11) is 0. The zero-order chi connectivity index (χ0) is 26.1. The Labute approximate surface area is 222 Å². The maximum absolute atomic E-state index is 11.1. The fourth-order valence-corrected chi connectivity index (χ4v) is 5.42. The molecule has 2 aromatic heterocycles. The van der Waals surface area contributed by atoms with E-state index in [-0.39, 0.29) is 24.2 Å². The Hall–Kier alpha value is -3.44. The quantitative estimate of drug-likeness (QED) is 0.216. The molecule has 0 amide bonds. The molecule has 198 valence electrons. The molecule has 0 saturated carbocycles. The zero-order valence-electron chi connectivity index (χ0n) is 21.9. The van der Waals surface area contributed by atoms with Crippen molar-refractivity contribution in [3.63, 3.8) is 0 Å². The van der Waals surface area contributed by atoms with Gasteiger partial charge in [-0.25, -0.2) is 9.97 Å². The van der Waals surface area contributed by atoms with Crippen LogP contribution in [0, 0.1) is 0 Å². The number of benzene rings is 2. The molecule has 0 aliphatic carbocycles. The third-order valence-electron chi connectivity index (χ3n) is 7.88. The molecular formula is C28H35N9O. The van der Waals surface area contributed by atoms with Gasteiger partial charge in [0.15, 0.2) is 11.6 Å². The lowest BCUT2D eigenvalue weighted by Crippen LogP contribution is -2.26. The van der Waals surface area contributed by atoms with Crippen LogP contribution >= 0.6 is 0 Å². The van der Waals surface area contributed by atoms with Crippen LogP contribution < -0.4 is 10.6 Å². The maximum Gasteiger partial charge on any atom is 0.181 e. The minimum atomic E-state index is -0.196. The highest BCUT2D eigenvalue weighted by molar-refractivity contribution is 5.56. The molecule has 2 aromatic carbocycles. The minimum absolute atomic E-state index is 0.196. The lowest BCUT2D eigenvalue weighted by molar-refractivity contribution is -0.155. The molecule has 6 rings (SSSR count). The molecular weight excluding hydrogens is 478 g/mol. The highest BCUT2D eigenvalue weighted by atomic mass is 16.5. The second kappa shape index (κ2) is 10.7. The molecule has 4 unspecified atom stereocenters. The summed E-state index contributed by atoms with van der Waals surface area (Å²) in [4.78, 5) is 9.37. The molecule has 4 heterocycles. The van der Waals surface area contributed by atoms with E-state index in [1.54, 1.807) is 0 Å². The standard InChI is InChI=1S/C28H35N9O/c1-17(19-7-11-21(12-8-19)25-31-27(35-33-25)23-5-3-15-29-23)37(38)18(2)20-9-13-22(14-10-20)26-32-28(36-34-26)24-6-4-16-30-24/h7-14,17-18,23-24,29-30,38H,3-6,15-16H2,1-2H3,(H,31,33,35)(H,32,34,36). The lowest BCUT2D eigenvalue weighted by atomic mass is 10.0. The van der Waals surface area contributed by atoms with Crippen LogP contribution in [0.1, 0.15) is 86.5 Å². The van der Waals surface area contributed by atoms with Gasteiger partial charge in [-0.05, 0) is 63.7 Å². The van der Waals surface area contributed by atoms with E-state index >= 15 is 0 Å². The van der Waals surface area contributed by atoms with Gasteiger partial charge in [-0.1, -0.05) is 48.5 Å². The smallest absolute Gasteiger partial charge is 0.181 e. The monoisotopic (exact) mass is 513 g/mol. The molecule has 5 N–H and O–H groups in total. The largest absolute Gasteiger partial charge is 0.313 e. The first-order valence-electron chi connectivity index (χ1n) is 13.6. The normalized spacial score (nSPS) is 21.3. The number of aromatic amines is 2. The summed E-state index contributed by atoms with van der Waals surface area (Å²) < 4.78 is 0. The van der Waals surface area contributed by atoms with Crippen LogP contribution in [-0.2, 0) is 0 Å². The van der Waals surface area contributed by atoms with Gasteiger partial charge in [0.05, 0.1) is 24.2 Å². The summed E-state index contributed by atoms with van der Waals surface area (Å²) in [5, 5.41) is 34.3. The first-order chi connectivity index (χ1) is 18.6. The Morgan fingerprint density at radius 3 is 1.50 bits per heavy atom. The Morgan fingerprint density at radius 2 is 1.13 bits per heavy atom. The molecule has 4 aromatic rings. The van der Waals surface area contributed by atoms with E-state index in [1.165, 1.54) is 5.06 Å². The number of aromatic nitrogens is 6. The fourth-order valence-electron chi connectivity index (χ4n) is 5.42. The van der Waals surface area contributed by atoms with E-state index in [1.807, 2.05) is 62.4 Å². The number of hydrogen-bond acceptors (Lipinski definition) is 8. The van der Waals surface area contributed by atoms with Crippen molar-refractivity contribution in [3.05, 3.63) is 71.3 Å². The van der Waals surface area contributed by atoms with E-state index in [4.69, 9.17) is 0 Å². The molecule has 0 spiro atoms. The second-order valence-electron chi connectivity index (χ2n) is 10.4. The van der Waals surface area contributed by atoms with Crippen molar-refractivity contribution in [3.8, 4) is 22.8 Å². The van der Waals surface area contributed by atoms with Gasteiger partial charge in [0.1, 0.15) is 11.6 Å². The van der Waals surface area contributed by atoms with Gasteiger partial charge < -0.3 is 15.8 Å². The predicted molar refractivity (Wildman–Crippen MR) is 144 cm³/mol. The van der Waals surface area contributed by atoms with E-state index < -0.39 is 0 Å². The number of hydroxylamine groups is 2. The van der Waals surface area contributed by atoms with E-state index in [0.717, 1.165) is 72.7 Å². The van der Waals surface area contributed by atoms with Crippen molar-refractivity contribution in [2.24, 2.45) is 0 Å². The maximum atomic E-state index is 11.1. The van der Waals surface area contributed by atoms with Gasteiger partial charge in [0.2, 0.25) is 0 Å². The number of rotatable bonds is 8. The number of nitrogens with zero attached hydrogens (tertiary/aromatic N) is 5. The molecule has 2 saturated heterocycles. The van der Waals surface area contributed by atoms with Crippen molar-refractivity contribution in [2.75, 3.05) is 13.1 Å². The molecule has 10 heteroatoms. The van der Waals surface area contributed by atoms with Gasteiger partial charge in [0.25, 0.3) is 0 Å². The Kier molecular flexibility index (Phi) is 7.03. The molecule has 2 aliphatic heterocycles. The van der Waals surface area contributed by atoms with Crippen LogP contribution in [0.3, 0.4) is 0 Å². The molecule has 0 bridgehead atoms. The fraction of sp³-hybridized carbons (Fsp3) is 0.429. The minimum Gasteiger partial charge on any atom is -0.313 e. The summed E-state index contributed by atoms with van der Waals surface area (Å²) in [6, 6.07) is 16.3.